The second-order valence-corrected chi connectivity index (χ2v) is 3.57. The number of rotatable bonds is 7. The van der Waals surface area contributed by atoms with Gasteiger partial charge in [0.2, 0.25) is 0 Å². The van der Waals surface area contributed by atoms with E-state index in [-0.39, 0.29) is 12.0 Å². The molecule has 0 aliphatic rings. The molecule has 0 bridgehead atoms. The number of carbonyl (C=O) groups excluding carboxylic acids is 1. The van der Waals surface area contributed by atoms with Crippen molar-refractivity contribution in [1.82, 2.24) is 0 Å². The molecular weight excluding hydrogens is 190 g/mol. The van der Waals surface area contributed by atoms with Gasteiger partial charge in [-0.1, -0.05) is 0 Å². The second kappa shape index (κ2) is 8.34. The standard InChI is InChI=1S/C8H17NO3S/c1-3-12-8(10)6-13-5-7(9)4-11-2/h7H,3-6,9H2,1-2H3. The molecule has 0 aromatic carbocycles. The molecule has 13 heavy (non-hydrogen) atoms. The summed E-state index contributed by atoms with van der Waals surface area (Å²) in [5.74, 6) is 0.898. The molecule has 1 atom stereocenters. The summed E-state index contributed by atoms with van der Waals surface area (Å²) in [7, 11) is 1.61. The van der Waals surface area contributed by atoms with Crippen molar-refractivity contribution in [2.45, 2.75) is 13.0 Å². The van der Waals surface area contributed by atoms with Crippen molar-refractivity contribution in [3.63, 3.8) is 0 Å². The molecule has 4 nitrogen and oxygen atoms in total. The lowest BCUT2D eigenvalue weighted by Crippen LogP contribution is -2.28. The summed E-state index contributed by atoms with van der Waals surface area (Å²) in [6.07, 6.45) is 0. The molecular formula is C8H17NO3S. The first-order valence-corrected chi connectivity index (χ1v) is 5.34. The third-order valence-corrected chi connectivity index (χ3v) is 2.34. The lowest BCUT2D eigenvalue weighted by molar-refractivity contribution is -0.139. The van der Waals surface area contributed by atoms with E-state index in [1.54, 1.807) is 14.0 Å². The Morgan fingerprint density at radius 3 is 2.85 bits per heavy atom. The Bertz CT molecular complexity index is 143. The average Bonchev–Trinajstić information content (AvgIpc) is 2.05. The maximum atomic E-state index is 10.9. The van der Waals surface area contributed by atoms with Crippen LogP contribution in [0.15, 0.2) is 0 Å². The van der Waals surface area contributed by atoms with E-state index in [9.17, 15) is 4.79 Å². The molecule has 78 valence electrons. The van der Waals surface area contributed by atoms with Crippen LogP contribution in [0, 0.1) is 0 Å². The molecule has 0 aromatic rings. The van der Waals surface area contributed by atoms with E-state index >= 15 is 0 Å². The Kier molecular flexibility index (Phi) is 8.18. The Hall–Kier alpha value is -0.260. The highest BCUT2D eigenvalue weighted by molar-refractivity contribution is 7.99. The smallest absolute Gasteiger partial charge is 0.315 e. The van der Waals surface area contributed by atoms with Gasteiger partial charge in [-0.3, -0.25) is 4.79 Å². The zero-order chi connectivity index (χ0) is 10.1. The van der Waals surface area contributed by atoms with Crippen molar-refractivity contribution in [1.29, 1.82) is 0 Å². The first-order valence-electron chi connectivity index (χ1n) is 4.18. The van der Waals surface area contributed by atoms with Gasteiger partial charge in [0.05, 0.1) is 19.0 Å². The van der Waals surface area contributed by atoms with Crippen LogP contribution in [-0.2, 0) is 14.3 Å². The highest BCUT2D eigenvalue weighted by Gasteiger charge is 2.05. The predicted octanol–water partition coefficient (Wildman–Crippen LogP) is 0.256. The van der Waals surface area contributed by atoms with Crippen LogP contribution in [0.3, 0.4) is 0 Å². The van der Waals surface area contributed by atoms with Crippen LogP contribution >= 0.6 is 11.8 Å². The van der Waals surface area contributed by atoms with Crippen LogP contribution in [0.2, 0.25) is 0 Å². The Balaban J connectivity index is 3.28. The van der Waals surface area contributed by atoms with E-state index in [1.165, 1.54) is 11.8 Å². The number of hydrogen-bond acceptors (Lipinski definition) is 5. The SMILES string of the molecule is CCOC(=O)CSCC(N)COC. The van der Waals surface area contributed by atoms with Crippen LogP contribution < -0.4 is 5.73 Å². The maximum Gasteiger partial charge on any atom is 0.315 e. The molecule has 0 spiro atoms. The quantitative estimate of drug-likeness (QED) is 0.607. The average molecular weight is 207 g/mol. The van der Waals surface area contributed by atoms with E-state index in [0.717, 1.165) is 0 Å². The van der Waals surface area contributed by atoms with Crippen LogP contribution in [-0.4, -0.2) is 43.8 Å². The van der Waals surface area contributed by atoms with Gasteiger partial charge in [0.15, 0.2) is 0 Å². The number of methoxy groups -OCH3 is 1. The molecule has 0 fully saturated rings. The van der Waals surface area contributed by atoms with Gasteiger partial charge in [-0.2, -0.15) is 0 Å². The fraction of sp³-hybridized carbons (Fsp3) is 0.875. The van der Waals surface area contributed by atoms with Crippen LogP contribution in [0.1, 0.15) is 6.92 Å². The third-order valence-electron chi connectivity index (χ3n) is 1.24. The van der Waals surface area contributed by atoms with Crippen LogP contribution in [0.4, 0.5) is 0 Å². The van der Waals surface area contributed by atoms with Crippen molar-refractivity contribution in [3.05, 3.63) is 0 Å². The molecule has 0 amide bonds. The summed E-state index contributed by atoms with van der Waals surface area (Å²) in [5.41, 5.74) is 5.65. The van der Waals surface area contributed by atoms with E-state index in [4.69, 9.17) is 15.2 Å². The minimum absolute atomic E-state index is 0.00979. The number of esters is 1. The summed E-state index contributed by atoms with van der Waals surface area (Å²) in [6, 6.07) is -0.00979. The number of hydrogen-bond donors (Lipinski definition) is 1. The summed E-state index contributed by atoms with van der Waals surface area (Å²) < 4.78 is 9.61. The van der Waals surface area contributed by atoms with E-state index in [2.05, 4.69) is 0 Å². The van der Waals surface area contributed by atoms with Crippen molar-refractivity contribution in [2.75, 3.05) is 31.8 Å². The zero-order valence-corrected chi connectivity index (χ0v) is 8.93. The molecule has 0 aromatic heterocycles. The third kappa shape index (κ3) is 8.08. The van der Waals surface area contributed by atoms with Gasteiger partial charge >= 0.3 is 5.97 Å². The normalized spacial score (nSPS) is 12.5. The molecule has 5 heteroatoms. The number of nitrogens with two attached hydrogens (primary N) is 1. The van der Waals surface area contributed by atoms with E-state index in [0.29, 0.717) is 24.7 Å². The molecule has 0 saturated carbocycles. The fourth-order valence-electron chi connectivity index (χ4n) is 0.758. The summed E-state index contributed by atoms with van der Waals surface area (Å²) in [5, 5.41) is 0. The van der Waals surface area contributed by atoms with E-state index in [1.807, 2.05) is 0 Å². The summed E-state index contributed by atoms with van der Waals surface area (Å²) in [4.78, 5) is 10.9. The topological polar surface area (TPSA) is 61.5 Å². The van der Waals surface area contributed by atoms with Gasteiger partial charge in [-0.25, -0.2) is 0 Å². The number of thioether (sulfide) groups is 1. The Morgan fingerprint density at radius 2 is 2.31 bits per heavy atom. The number of ether oxygens (including phenoxy) is 2. The van der Waals surface area contributed by atoms with Crippen molar-refractivity contribution in [3.8, 4) is 0 Å². The van der Waals surface area contributed by atoms with Crippen molar-refractivity contribution >= 4 is 17.7 Å². The highest BCUT2D eigenvalue weighted by Crippen LogP contribution is 2.02. The maximum absolute atomic E-state index is 10.9. The number of carbonyl (C=O) groups is 1. The van der Waals surface area contributed by atoms with Gasteiger partial charge in [0, 0.05) is 18.9 Å². The lowest BCUT2D eigenvalue weighted by atomic mass is 10.4. The van der Waals surface area contributed by atoms with Gasteiger partial charge in [-0.05, 0) is 6.92 Å². The molecule has 0 saturated heterocycles. The predicted molar refractivity (Wildman–Crippen MR) is 53.8 cm³/mol. The van der Waals surface area contributed by atoms with Crippen LogP contribution in [0.5, 0.6) is 0 Å². The largest absolute Gasteiger partial charge is 0.465 e. The Morgan fingerprint density at radius 1 is 1.62 bits per heavy atom. The van der Waals surface area contributed by atoms with E-state index < -0.39 is 0 Å². The van der Waals surface area contributed by atoms with Gasteiger partial charge in [-0.15, -0.1) is 11.8 Å². The van der Waals surface area contributed by atoms with Crippen molar-refractivity contribution in [2.24, 2.45) is 5.73 Å². The summed E-state index contributed by atoms with van der Waals surface area (Å²) in [6.45, 7) is 2.75. The van der Waals surface area contributed by atoms with Crippen LogP contribution in [0.25, 0.3) is 0 Å². The van der Waals surface area contributed by atoms with Gasteiger partial charge in [0.25, 0.3) is 0 Å². The zero-order valence-electron chi connectivity index (χ0n) is 8.12. The molecule has 1 unspecified atom stereocenters. The molecule has 2 N–H and O–H groups in total. The highest BCUT2D eigenvalue weighted by atomic mass is 32.2. The first kappa shape index (κ1) is 12.7. The summed E-state index contributed by atoms with van der Waals surface area (Å²) >= 11 is 1.47. The molecule has 0 aliphatic carbocycles. The minimum Gasteiger partial charge on any atom is -0.465 e. The molecule has 0 radical (unpaired) electrons. The molecule has 0 aliphatic heterocycles. The first-order chi connectivity index (χ1) is 6.20. The second-order valence-electron chi connectivity index (χ2n) is 2.54. The van der Waals surface area contributed by atoms with Gasteiger partial charge < -0.3 is 15.2 Å². The fourth-order valence-corrected chi connectivity index (χ4v) is 1.53. The molecule has 0 rings (SSSR count). The Labute approximate surface area is 83.1 Å². The molecule has 0 heterocycles. The lowest BCUT2D eigenvalue weighted by Gasteiger charge is -2.08. The van der Waals surface area contributed by atoms with Gasteiger partial charge in [0.1, 0.15) is 0 Å². The van der Waals surface area contributed by atoms with Crippen molar-refractivity contribution < 1.29 is 14.3 Å². The minimum atomic E-state index is -0.183. The monoisotopic (exact) mass is 207 g/mol.